The molecule has 2 aliphatic rings. The average molecular weight is 281 g/mol. The van der Waals surface area contributed by atoms with Crippen molar-refractivity contribution in [2.45, 2.75) is 37.8 Å². The molecule has 0 aliphatic carbocycles. The Balaban J connectivity index is 2.02. The second-order valence-corrected chi connectivity index (χ2v) is 5.25. The van der Waals surface area contributed by atoms with Crippen molar-refractivity contribution < 1.29 is 18.0 Å². The van der Waals surface area contributed by atoms with E-state index in [0.29, 0.717) is 6.42 Å². The van der Waals surface area contributed by atoms with Crippen LogP contribution in [0.3, 0.4) is 0 Å². The Kier molecular flexibility index (Phi) is 3.28. The van der Waals surface area contributed by atoms with Crippen LogP contribution in [0.15, 0.2) is 24.3 Å². The summed E-state index contributed by atoms with van der Waals surface area (Å²) in [6.07, 6.45) is 6.61. The van der Waals surface area contributed by atoms with Crippen LogP contribution in [0.4, 0.5) is 13.2 Å². The normalized spacial score (nSPS) is 25.8. The molecule has 1 aromatic carbocycles. The van der Waals surface area contributed by atoms with Crippen LogP contribution in [-0.2, 0) is 4.79 Å². The molecule has 0 N–H and O–H groups in total. The molecule has 0 spiro atoms. The van der Waals surface area contributed by atoms with Gasteiger partial charge < -0.3 is 4.90 Å². The lowest BCUT2D eigenvalue weighted by molar-refractivity contribution is -0.138. The van der Waals surface area contributed by atoms with Crippen LogP contribution in [0, 0.1) is 17.5 Å². The van der Waals surface area contributed by atoms with Gasteiger partial charge in [0.2, 0.25) is 5.91 Å². The van der Waals surface area contributed by atoms with Crippen molar-refractivity contribution in [1.29, 1.82) is 0 Å². The molecule has 2 aliphatic heterocycles. The SMILES string of the molecule is O=C1CCC[C@H]2CC=C[C@@H](c3cc(F)c(F)c(F)c3)N12. The highest BCUT2D eigenvalue weighted by Gasteiger charge is 2.35. The summed E-state index contributed by atoms with van der Waals surface area (Å²) in [4.78, 5) is 13.8. The molecule has 5 heteroatoms. The Morgan fingerprint density at radius 3 is 2.55 bits per heavy atom. The molecular weight excluding hydrogens is 267 g/mol. The summed E-state index contributed by atoms with van der Waals surface area (Å²) in [5.74, 6) is -3.93. The highest BCUT2D eigenvalue weighted by Crippen LogP contribution is 2.36. The van der Waals surface area contributed by atoms with Crippen molar-refractivity contribution in [2.24, 2.45) is 0 Å². The molecule has 0 radical (unpaired) electrons. The van der Waals surface area contributed by atoms with Gasteiger partial charge in [0, 0.05) is 12.5 Å². The second kappa shape index (κ2) is 4.96. The maximum Gasteiger partial charge on any atom is 0.223 e. The van der Waals surface area contributed by atoms with E-state index in [9.17, 15) is 18.0 Å². The van der Waals surface area contributed by atoms with Crippen molar-refractivity contribution in [1.82, 2.24) is 4.90 Å². The predicted octanol–water partition coefficient (Wildman–Crippen LogP) is 3.49. The number of hydrogen-bond acceptors (Lipinski definition) is 1. The number of piperidine rings is 1. The van der Waals surface area contributed by atoms with Crippen molar-refractivity contribution >= 4 is 5.91 Å². The summed E-state index contributed by atoms with van der Waals surface area (Å²) in [5, 5.41) is 0. The van der Waals surface area contributed by atoms with Gasteiger partial charge in [-0.1, -0.05) is 12.2 Å². The standard InChI is InChI=1S/C15H14F3NO/c16-11-7-9(8-12(17)15(11)18)13-5-1-3-10-4-2-6-14(20)19(10)13/h1,5,7-8,10,13H,2-4,6H2/t10-,13+/m1/s1. The number of amides is 1. The van der Waals surface area contributed by atoms with Crippen LogP contribution < -0.4 is 0 Å². The lowest BCUT2D eigenvalue weighted by Gasteiger charge is -2.42. The quantitative estimate of drug-likeness (QED) is 0.570. The zero-order valence-corrected chi connectivity index (χ0v) is 10.8. The van der Waals surface area contributed by atoms with Crippen LogP contribution in [0.1, 0.15) is 37.3 Å². The van der Waals surface area contributed by atoms with Gasteiger partial charge in [0.15, 0.2) is 17.5 Å². The molecule has 1 amide bonds. The third-order valence-corrected chi connectivity index (χ3v) is 3.98. The second-order valence-electron chi connectivity index (χ2n) is 5.25. The highest BCUT2D eigenvalue weighted by atomic mass is 19.2. The van der Waals surface area contributed by atoms with Crippen LogP contribution >= 0.6 is 0 Å². The molecule has 2 nitrogen and oxygen atoms in total. The molecule has 0 bridgehead atoms. The van der Waals surface area contributed by atoms with E-state index in [4.69, 9.17) is 0 Å². The van der Waals surface area contributed by atoms with Crippen molar-refractivity contribution in [3.63, 3.8) is 0 Å². The van der Waals surface area contributed by atoms with Crippen LogP contribution in [0.2, 0.25) is 0 Å². The molecule has 1 fully saturated rings. The number of benzene rings is 1. The minimum Gasteiger partial charge on any atom is -0.329 e. The van der Waals surface area contributed by atoms with E-state index in [-0.39, 0.29) is 17.5 Å². The summed E-state index contributed by atoms with van der Waals surface area (Å²) in [5.41, 5.74) is 0.276. The van der Waals surface area contributed by atoms with Crippen molar-refractivity contribution in [3.05, 3.63) is 47.3 Å². The number of hydrogen-bond donors (Lipinski definition) is 0. The molecule has 0 aromatic heterocycles. The lowest BCUT2D eigenvalue weighted by atomic mass is 9.90. The number of rotatable bonds is 1. The van der Waals surface area contributed by atoms with Gasteiger partial charge in [-0.15, -0.1) is 0 Å². The molecule has 3 rings (SSSR count). The summed E-state index contributed by atoms with van der Waals surface area (Å²) < 4.78 is 39.8. The van der Waals surface area contributed by atoms with E-state index in [0.717, 1.165) is 31.4 Å². The Hall–Kier alpha value is -1.78. The first-order valence-corrected chi connectivity index (χ1v) is 6.70. The van der Waals surface area contributed by atoms with E-state index in [1.54, 1.807) is 11.0 Å². The lowest BCUT2D eigenvalue weighted by Crippen LogP contribution is -2.46. The van der Waals surface area contributed by atoms with E-state index < -0.39 is 23.5 Å². The van der Waals surface area contributed by atoms with E-state index in [1.807, 2.05) is 6.08 Å². The number of carbonyl (C=O) groups is 1. The van der Waals surface area contributed by atoms with Gasteiger partial charge in [0.1, 0.15) is 0 Å². The number of halogens is 3. The Morgan fingerprint density at radius 1 is 1.15 bits per heavy atom. The Bertz CT molecular complexity index is 561. The van der Waals surface area contributed by atoms with Crippen LogP contribution in [0.5, 0.6) is 0 Å². The fraction of sp³-hybridized carbons (Fsp3) is 0.400. The molecule has 1 aromatic rings. The van der Waals surface area contributed by atoms with Crippen molar-refractivity contribution in [2.75, 3.05) is 0 Å². The fourth-order valence-corrected chi connectivity index (χ4v) is 3.05. The van der Waals surface area contributed by atoms with Gasteiger partial charge in [-0.05, 0) is 37.0 Å². The topological polar surface area (TPSA) is 20.3 Å². The zero-order valence-electron chi connectivity index (χ0n) is 10.8. The first kappa shape index (κ1) is 13.2. The van der Waals surface area contributed by atoms with E-state index in [1.165, 1.54) is 0 Å². The maximum absolute atomic E-state index is 13.4. The van der Waals surface area contributed by atoms with Gasteiger partial charge in [0.25, 0.3) is 0 Å². The summed E-state index contributed by atoms with van der Waals surface area (Å²) in [7, 11) is 0. The summed E-state index contributed by atoms with van der Waals surface area (Å²) in [6, 6.07) is 1.50. The Labute approximate surface area is 114 Å². The first-order chi connectivity index (χ1) is 9.58. The molecule has 0 saturated carbocycles. The van der Waals surface area contributed by atoms with Crippen LogP contribution in [0.25, 0.3) is 0 Å². The third-order valence-electron chi connectivity index (χ3n) is 3.98. The third kappa shape index (κ3) is 2.11. The van der Waals surface area contributed by atoms with Gasteiger partial charge in [-0.25, -0.2) is 13.2 Å². The fourth-order valence-electron chi connectivity index (χ4n) is 3.05. The van der Waals surface area contributed by atoms with E-state index >= 15 is 0 Å². The van der Waals surface area contributed by atoms with Gasteiger partial charge >= 0.3 is 0 Å². The molecule has 1 saturated heterocycles. The minimum atomic E-state index is -1.48. The number of carbonyl (C=O) groups excluding carboxylic acids is 1. The molecule has 20 heavy (non-hydrogen) atoms. The van der Waals surface area contributed by atoms with E-state index in [2.05, 4.69) is 0 Å². The number of fused-ring (bicyclic) bond motifs is 1. The monoisotopic (exact) mass is 281 g/mol. The smallest absolute Gasteiger partial charge is 0.223 e. The number of nitrogens with zero attached hydrogens (tertiary/aromatic N) is 1. The van der Waals surface area contributed by atoms with Gasteiger partial charge in [0.05, 0.1) is 6.04 Å². The largest absolute Gasteiger partial charge is 0.329 e. The van der Waals surface area contributed by atoms with Gasteiger partial charge in [-0.3, -0.25) is 4.79 Å². The molecular formula is C15H14F3NO. The highest BCUT2D eigenvalue weighted by molar-refractivity contribution is 5.78. The summed E-state index contributed by atoms with van der Waals surface area (Å²) >= 11 is 0. The van der Waals surface area contributed by atoms with Crippen molar-refractivity contribution in [3.8, 4) is 0 Å². The molecule has 2 heterocycles. The average Bonchev–Trinajstić information content (AvgIpc) is 2.44. The predicted molar refractivity (Wildman–Crippen MR) is 67.3 cm³/mol. The van der Waals surface area contributed by atoms with Crippen LogP contribution in [-0.4, -0.2) is 16.8 Å². The molecule has 106 valence electrons. The molecule has 0 unspecified atom stereocenters. The van der Waals surface area contributed by atoms with Gasteiger partial charge in [-0.2, -0.15) is 0 Å². The molecule has 2 atom stereocenters. The zero-order chi connectivity index (χ0) is 14.3. The minimum absolute atomic E-state index is 0.0132. The Morgan fingerprint density at radius 2 is 1.85 bits per heavy atom. The first-order valence-electron chi connectivity index (χ1n) is 6.70. The summed E-state index contributed by atoms with van der Waals surface area (Å²) in [6.45, 7) is 0. The maximum atomic E-state index is 13.4.